The highest BCUT2D eigenvalue weighted by Gasteiger charge is 2.26. The highest BCUT2D eigenvalue weighted by molar-refractivity contribution is 5.87. The van der Waals surface area contributed by atoms with Gasteiger partial charge in [-0.1, -0.05) is 42.5 Å². The topological polar surface area (TPSA) is 78.9 Å². The molecule has 28 heavy (non-hydrogen) atoms. The summed E-state index contributed by atoms with van der Waals surface area (Å²) in [6.07, 6.45) is 1.65. The van der Waals surface area contributed by atoms with Gasteiger partial charge in [0.1, 0.15) is 12.1 Å². The van der Waals surface area contributed by atoms with E-state index in [2.05, 4.69) is 17.3 Å². The van der Waals surface area contributed by atoms with E-state index in [-0.39, 0.29) is 17.6 Å². The van der Waals surface area contributed by atoms with E-state index in [0.29, 0.717) is 6.54 Å². The molecule has 2 aromatic rings. The first-order valence-corrected chi connectivity index (χ1v) is 9.52. The maximum atomic E-state index is 12.9. The molecule has 1 atom stereocenters. The number of carboxylic acids is 1. The van der Waals surface area contributed by atoms with Crippen molar-refractivity contribution in [2.75, 3.05) is 20.1 Å². The number of piperidine rings is 1. The Balaban J connectivity index is 1.67. The van der Waals surface area contributed by atoms with E-state index < -0.39 is 12.0 Å². The van der Waals surface area contributed by atoms with Crippen molar-refractivity contribution in [3.8, 4) is 0 Å². The Morgan fingerprint density at radius 1 is 1.11 bits per heavy atom. The number of carboxylic acid groups (broad SMARTS) is 1. The van der Waals surface area contributed by atoms with Crippen molar-refractivity contribution in [1.82, 2.24) is 10.2 Å². The summed E-state index contributed by atoms with van der Waals surface area (Å²) in [5.74, 6) is -1.23. The van der Waals surface area contributed by atoms with Crippen LogP contribution < -0.4 is 5.32 Å². The van der Waals surface area contributed by atoms with Gasteiger partial charge in [-0.05, 0) is 43.1 Å². The van der Waals surface area contributed by atoms with Crippen LogP contribution in [0.4, 0.5) is 0 Å². The van der Waals surface area contributed by atoms with E-state index in [9.17, 15) is 9.59 Å². The summed E-state index contributed by atoms with van der Waals surface area (Å²) in [5.41, 5.74) is 1.99. The largest absolute Gasteiger partial charge is 0.478 e. The van der Waals surface area contributed by atoms with Gasteiger partial charge in [0.25, 0.3) is 0 Å². The molecule has 0 saturated carbocycles. The molecule has 2 aromatic carbocycles. The van der Waals surface area contributed by atoms with Crippen LogP contribution in [-0.4, -0.2) is 48.2 Å². The molecule has 1 saturated heterocycles. The number of hydrogen-bond acceptors (Lipinski definition) is 5. The average Bonchev–Trinajstić information content (AvgIpc) is 2.71. The first kappa shape index (κ1) is 20.0. The van der Waals surface area contributed by atoms with Gasteiger partial charge in [-0.15, -0.1) is 0 Å². The number of benzene rings is 2. The van der Waals surface area contributed by atoms with Crippen molar-refractivity contribution in [3.63, 3.8) is 0 Å². The quantitative estimate of drug-likeness (QED) is 0.717. The summed E-state index contributed by atoms with van der Waals surface area (Å²) in [5, 5.41) is 12.3. The zero-order valence-electron chi connectivity index (χ0n) is 16.0. The van der Waals surface area contributed by atoms with Crippen LogP contribution in [-0.2, 0) is 16.1 Å². The predicted octanol–water partition coefficient (Wildman–Crippen LogP) is 2.85. The molecule has 0 spiro atoms. The van der Waals surface area contributed by atoms with Crippen LogP contribution in [0.1, 0.15) is 40.4 Å². The molecule has 6 nitrogen and oxygen atoms in total. The maximum absolute atomic E-state index is 12.9. The first-order chi connectivity index (χ1) is 13.5. The second-order valence-electron chi connectivity index (χ2n) is 7.17. The van der Waals surface area contributed by atoms with Crippen LogP contribution in [0.25, 0.3) is 0 Å². The third kappa shape index (κ3) is 5.41. The molecule has 0 amide bonds. The van der Waals surface area contributed by atoms with Crippen molar-refractivity contribution in [2.24, 2.45) is 0 Å². The Morgan fingerprint density at radius 2 is 1.75 bits per heavy atom. The standard InChI is InChI=1S/C22H26N2O4/c1-24-13-11-19(12-14-24)28-22(27)20(17-5-3-2-4-6-17)23-15-16-7-9-18(10-8-16)21(25)26/h2-10,19-20,23H,11-15H2,1H3,(H,25,26). The minimum absolute atomic E-state index is 0.0495. The van der Waals surface area contributed by atoms with Gasteiger partial charge in [-0.2, -0.15) is 0 Å². The molecule has 1 fully saturated rings. The summed E-state index contributed by atoms with van der Waals surface area (Å²) in [4.78, 5) is 26.1. The monoisotopic (exact) mass is 382 g/mol. The average molecular weight is 382 g/mol. The van der Waals surface area contributed by atoms with Gasteiger partial charge in [0.05, 0.1) is 5.56 Å². The van der Waals surface area contributed by atoms with Crippen molar-refractivity contribution >= 4 is 11.9 Å². The van der Waals surface area contributed by atoms with E-state index >= 15 is 0 Å². The maximum Gasteiger partial charge on any atom is 0.335 e. The number of carbonyl (C=O) groups is 2. The lowest BCUT2D eigenvalue weighted by molar-refractivity contribution is -0.154. The highest BCUT2D eigenvalue weighted by Crippen LogP contribution is 2.20. The number of hydrogen-bond donors (Lipinski definition) is 2. The highest BCUT2D eigenvalue weighted by atomic mass is 16.5. The van der Waals surface area contributed by atoms with Crippen LogP contribution in [0, 0.1) is 0 Å². The number of rotatable bonds is 7. The molecule has 0 radical (unpaired) electrons. The minimum atomic E-state index is -0.955. The van der Waals surface area contributed by atoms with Gasteiger partial charge < -0.3 is 14.7 Å². The number of likely N-dealkylation sites (tertiary alicyclic amines) is 1. The first-order valence-electron chi connectivity index (χ1n) is 9.52. The predicted molar refractivity (Wildman–Crippen MR) is 106 cm³/mol. The third-order valence-corrected chi connectivity index (χ3v) is 5.03. The van der Waals surface area contributed by atoms with Gasteiger partial charge in [-0.25, -0.2) is 9.59 Å². The minimum Gasteiger partial charge on any atom is -0.478 e. The molecule has 0 bridgehead atoms. The summed E-state index contributed by atoms with van der Waals surface area (Å²) < 4.78 is 5.79. The Kier molecular flexibility index (Phi) is 6.79. The number of aromatic carboxylic acids is 1. The number of ether oxygens (including phenoxy) is 1. The van der Waals surface area contributed by atoms with Crippen LogP contribution in [0.5, 0.6) is 0 Å². The van der Waals surface area contributed by atoms with Gasteiger partial charge in [0, 0.05) is 19.6 Å². The lowest BCUT2D eigenvalue weighted by Crippen LogP contribution is -2.38. The van der Waals surface area contributed by atoms with E-state index in [1.165, 1.54) is 0 Å². The Hall–Kier alpha value is -2.70. The van der Waals surface area contributed by atoms with Crippen LogP contribution in [0.3, 0.4) is 0 Å². The summed E-state index contributed by atoms with van der Waals surface area (Å²) in [6, 6.07) is 15.6. The van der Waals surface area contributed by atoms with E-state index in [0.717, 1.165) is 37.1 Å². The fourth-order valence-electron chi connectivity index (χ4n) is 3.30. The molecule has 1 heterocycles. The van der Waals surface area contributed by atoms with Gasteiger partial charge in [0.15, 0.2) is 0 Å². The summed E-state index contributed by atoms with van der Waals surface area (Å²) in [7, 11) is 2.07. The molecule has 0 aromatic heterocycles. The molecule has 3 rings (SSSR count). The molecule has 1 aliphatic heterocycles. The van der Waals surface area contributed by atoms with Crippen molar-refractivity contribution in [2.45, 2.75) is 31.5 Å². The van der Waals surface area contributed by atoms with Crippen molar-refractivity contribution in [3.05, 3.63) is 71.3 Å². The Bertz CT molecular complexity index is 784. The van der Waals surface area contributed by atoms with Crippen molar-refractivity contribution < 1.29 is 19.4 Å². The zero-order chi connectivity index (χ0) is 19.9. The fraction of sp³-hybridized carbons (Fsp3) is 0.364. The van der Waals surface area contributed by atoms with E-state index in [4.69, 9.17) is 9.84 Å². The van der Waals surface area contributed by atoms with Crippen LogP contribution >= 0.6 is 0 Å². The molecule has 1 aliphatic rings. The normalized spacial score (nSPS) is 16.5. The molecule has 1 unspecified atom stereocenters. The number of esters is 1. The second kappa shape index (κ2) is 9.48. The lowest BCUT2D eigenvalue weighted by atomic mass is 10.1. The fourth-order valence-corrected chi connectivity index (χ4v) is 3.30. The SMILES string of the molecule is CN1CCC(OC(=O)C(NCc2ccc(C(=O)O)cc2)c2ccccc2)CC1. The molecule has 0 aliphatic carbocycles. The van der Waals surface area contributed by atoms with Gasteiger partial charge in [-0.3, -0.25) is 5.32 Å². The third-order valence-electron chi connectivity index (χ3n) is 5.03. The lowest BCUT2D eigenvalue weighted by Gasteiger charge is -2.30. The van der Waals surface area contributed by atoms with E-state index in [1.807, 2.05) is 30.3 Å². The smallest absolute Gasteiger partial charge is 0.335 e. The molecule has 2 N–H and O–H groups in total. The summed E-state index contributed by atoms with van der Waals surface area (Å²) >= 11 is 0. The molecule has 148 valence electrons. The number of carbonyl (C=O) groups excluding carboxylic acids is 1. The van der Waals surface area contributed by atoms with Gasteiger partial charge >= 0.3 is 11.9 Å². The van der Waals surface area contributed by atoms with Crippen LogP contribution in [0.2, 0.25) is 0 Å². The Labute approximate surface area is 165 Å². The second-order valence-corrected chi connectivity index (χ2v) is 7.17. The van der Waals surface area contributed by atoms with Crippen molar-refractivity contribution in [1.29, 1.82) is 0 Å². The molecule has 6 heteroatoms. The number of nitrogens with one attached hydrogen (secondary N) is 1. The zero-order valence-corrected chi connectivity index (χ0v) is 16.0. The molecular weight excluding hydrogens is 356 g/mol. The summed E-state index contributed by atoms with van der Waals surface area (Å²) in [6.45, 7) is 2.29. The van der Waals surface area contributed by atoms with Crippen LogP contribution in [0.15, 0.2) is 54.6 Å². The van der Waals surface area contributed by atoms with E-state index in [1.54, 1.807) is 24.3 Å². The Morgan fingerprint density at radius 3 is 2.36 bits per heavy atom. The number of nitrogens with zero attached hydrogens (tertiary/aromatic N) is 1. The van der Waals surface area contributed by atoms with Gasteiger partial charge in [0.2, 0.25) is 0 Å². The molecular formula is C22H26N2O4.